The fourth-order valence-electron chi connectivity index (χ4n) is 3.27. The SMILES string of the molecule is CN1CCC(N(C)c2ncnc(NNC(=O)c3ccccc3Cl)c2[N+](=O)[O-])CC1. The maximum atomic E-state index is 12.3. The minimum Gasteiger partial charge on any atom is -0.351 e. The van der Waals surface area contributed by atoms with Crippen LogP contribution in [0.15, 0.2) is 30.6 Å². The minimum absolute atomic E-state index is 0.0971. The maximum Gasteiger partial charge on any atom is 0.355 e. The summed E-state index contributed by atoms with van der Waals surface area (Å²) in [5, 5.41) is 12.0. The summed E-state index contributed by atoms with van der Waals surface area (Å²) in [6.07, 6.45) is 2.98. The Morgan fingerprint density at radius 1 is 1.31 bits per heavy atom. The predicted octanol–water partition coefficient (Wildman–Crippen LogP) is 2.33. The van der Waals surface area contributed by atoms with Crippen molar-refractivity contribution in [3.05, 3.63) is 51.3 Å². The van der Waals surface area contributed by atoms with Crippen LogP contribution in [0.1, 0.15) is 23.2 Å². The van der Waals surface area contributed by atoms with Gasteiger partial charge in [-0.05, 0) is 45.1 Å². The van der Waals surface area contributed by atoms with Gasteiger partial charge in [-0.15, -0.1) is 0 Å². The van der Waals surface area contributed by atoms with Crippen LogP contribution in [0.5, 0.6) is 0 Å². The molecule has 0 aliphatic carbocycles. The first-order valence-corrected chi connectivity index (χ1v) is 9.48. The van der Waals surface area contributed by atoms with Gasteiger partial charge in [0.05, 0.1) is 15.5 Å². The van der Waals surface area contributed by atoms with Crippen molar-refractivity contribution in [2.45, 2.75) is 18.9 Å². The van der Waals surface area contributed by atoms with E-state index in [9.17, 15) is 14.9 Å². The molecule has 1 aromatic heterocycles. The van der Waals surface area contributed by atoms with Crippen molar-refractivity contribution >= 4 is 34.8 Å². The Hall–Kier alpha value is -2.98. The third-order valence-electron chi connectivity index (χ3n) is 4.97. The monoisotopic (exact) mass is 419 g/mol. The van der Waals surface area contributed by atoms with Crippen molar-refractivity contribution in [2.75, 3.05) is 37.5 Å². The van der Waals surface area contributed by atoms with E-state index in [0.29, 0.717) is 0 Å². The van der Waals surface area contributed by atoms with E-state index in [0.717, 1.165) is 25.9 Å². The lowest BCUT2D eigenvalue weighted by Gasteiger charge is -2.35. The molecule has 11 heteroatoms. The summed E-state index contributed by atoms with van der Waals surface area (Å²) in [6.45, 7) is 1.82. The van der Waals surface area contributed by atoms with Gasteiger partial charge in [0.1, 0.15) is 6.33 Å². The van der Waals surface area contributed by atoms with Crippen LogP contribution in [0.2, 0.25) is 5.02 Å². The molecular formula is C18H22ClN7O3. The number of hydrogen-bond donors (Lipinski definition) is 2. The van der Waals surface area contributed by atoms with Gasteiger partial charge in [-0.1, -0.05) is 23.7 Å². The van der Waals surface area contributed by atoms with E-state index in [-0.39, 0.29) is 34.0 Å². The molecule has 0 atom stereocenters. The number of nitrogens with one attached hydrogen (secondary N) is 2. The summed E-state index contributed by atoms with van der Waals surface area (Å²) in [7, 11) is 3.84. The van der Waals surface area contributed by atoms with Crippen molar-refractivity contribution < 1.29 is 9.72 Å². The number of anilines is 2. The van der Waals surface area contributed by atoms with Crippen molar-refractivity contribution in [3.63, 3.8) is 0 Å². The summed E-state index contributed by atoms with van der Waals surface area (Å²) in [6, 6.07) is 6.63. The number of hydrazine groups is 1. The topological polar surface area (TPSA) is 117 Å². The molecule has 1 fully saturated rings. The van der Waals surface area contributed by atoms with E-state index in [1.807, 2.05) is 11.9 Å². The van der Waals surface area contributed by atoms with Gasteiger partial charge in [-0.2, -0.15) is 0 Å². The fraction of sp³-hybridized carbons (Fsp3) is 0.389. The molecule has 0 unspecified atom stereocenters. The van der Waals surface area contributed by atoms with E-state index in [1.54, 1.807) is 31.3 Å². The molecule has 1 aliphatic rings. The molecule has 0 saturated carbocycles. The average Bonchev–Trinajstić information content (AvgIpc) is 2.72. The molecule has 2 aromatic rings. The van der Waals surface area contributed by atoms with Crippen LogP contribution < -0.4 is 15.8 Å². The molecule has 3 rings (SSSR count). The number of carbonyl (C=O) groups is 1. The highest BCUT2D eigenvalue weighted by atomic mass is 35.5. The Bertz CT molecular complexity index is 903. The molecule has 154 valence electrons. The Morgan fingerprint density at radius 3 is 2.66 bits per heavy atom. The third-order valence-corrected chi connectivity index (χ3v) is 5.30. The first-order chi connectivity index (χ1) is 13.9. The number of aromatic nitrogens is 2. The number of hydrogen-bond acceptors (Lipinski definition) is 8. The average molecular weight is 420 g/mol. The van der Waals surface area contributed by atoms with Crippen LogP contribution in [-0.2, 0) is 0 Å². The van der Waals surface area contributed by atoms with Crippen LogP contribution in [0, 0.1) is 10.1 Å². The summed E-state index contributed by atoms with van der Waals surface area (Å²) in [4.78, 5) is 35.7. The maximum absolute atomic E-state index is 12.3. The van der Waals surface area contributed by atoms with Gasteiger partial charge in [-0.25, -0.2) is 9.97 Å². The first kappa shape index (κ1) is 20.7. The molecule has 0 bridgehead atoms. The highest BCUT2D eigenvalue weighted by Crippen LogP contribution is 2.33. The highest BCUT2D eigenvalue weighted by Gasteiger charge is 2.30. The Kier molecular flexibility index (Phi) is 6.45. The summed E-state index contributed by atoms with van der Waals surface area (Å²) < 4.78 is 0. The van der Waals surface area contributed by atoms with Crippen molar-refractivity contribution in [2.24, 2.45) is 0 Å². The summed E-state index contributed by atoms with van der Waals surface area (Å²) in [5.74, 6) is -0.428. The van der Waals surface area contributed by atoms with Crippen LogP contribution in [0.3, 0.4) is 0 Å². The van der Waals surface area contributed by atoms with E-state index >= 15 is 0 Å². The lowest BCUT2D eigenvalue weighted by atomic mass is 10.0. The third kappa shape index (κ3) is 4.72. The highest BCUT2D eigenvalue weighted by molar-refractivity contribution is 6.33. The van der Waals surface area contributed by atoms with Crippen molar-refractivity contribution in [3.8, 4) is 0 Å². The number of rotatable bonds is 6. The second-order valence-corrected chi connectivity index (χ2v) is 7.26. The molecule has 1 aromatic carbocycles. The van der Waals surface area contributed by atoms with E-state index < -0.39 is 10.8 Å². The Balaban J connectivity index is 1.81. The molecule has 0 radical (unpaired) electrons. The zero-order chi connectivity index (χ0) is 21.0. The molecule has 1 amide bonds. The number of nitro groups is 1. The molecule has 1 aliphatic heterocycles. The van der Waals surface area contributed by atoms with Crippen molar-refractivity contribution in [1.82, 2.24) is 20.3 Å². The number of halogens is 1. The molecule has 0 spiro atoms. The number of likely N-dealkylation sites (tertiary alicyclic amines) is 1. The van der Waals surface area contributed by atoms with Crippen LogP contribution in [0.4, 0.5) is 17.3 Å². The molecule has 2 heterocycles. The first-order valence-electron chi connectivity index (χ1n) is 9.10. The van der Waals surface area contributed by atoms with Gasteiger partial charge < -0.3 is 9.80 Å². The largest absolute Gasteiger partial charge is 0.355 e. The smallest absolute Gasteiger partial charge is 0.351 e. The van der Waals surface area contributed by atoms with Gasteiger partial charge in [0.2, 0.25) is 11.6 Å². The summed E-state index contributed by atoms with van der Waals surface area (Å²) >= 11 is 6.01. The van der Waals surface area contributed by atoms with Gasteiger partial charge in [0.15, 0.2) is 0 Å². The fourth-order valence-corrected chi connectivity index (χ4v) is 3.49. The van der Waals surface area contributed by atoms with E-state index in [2.05, 4.69) is 25.7 Å². The second-order valence-electron chi connectivity index (χ2n) is 6.86. The van der Waals surface area contributed by atoms with Crippen LogP contribution in [-0.4, -0.2) is 58.9 Å². The Morgan fingerprint density at radius 2 is 2.00 bits per heavy atom. The zero-order valence-corrected chi connectivity index (χ0v) is 16.9. The standard InChI is InChI=1S/C18H22ClN7O3/c1-24-9-7-12(8-10-24)25(2)17-15(26(28)29)16(20-11-21-17)22-23-18(27)13-5-3-4-6-14(13)19/h3-6,11-12H,7-10H2,1-2H3,(H,23,27)(H,20,21,22). The normalized spacial score (nSPS) is 15.0. The van der Waals surface area contributed by atoms with Crippen LogP contribution in [0.25, 0.3) is 0 Å². The van der Waals surface area contributed by atoms with Gasteiger partial charge in [0.25, 0.3) is 5.91 Å². The lowest BCUT2D eigenvalue weighted by Crippen LogP contribution is -2.42. The van der Waals surface area contributed by atoms with Gasteiger partial charge in [-0.3, -0.25) is 25.8 Å². The molecule has 2 N–H and O–H groups in total. The predicted molar refractivity (Wildman–Crippen MR) is 110 cm³/mol. The van der Waals surface area contributed by atoms with Gasteiger partial charge >= 0.3 is 5.69 Å². The quantitative estimate of drug-likeness (QED) is 0.541. The number of carbonyl (C=O) groups excluding carboxylic acids is 1. The minimum atomic E-state index is -0.551. The Labute approximate surface area is 173 Å². The number of amides is 1. The second kappa shape index (κ2) is 9.01. The van der Waals surface area contributed by atoms with Gasteiger partial charge in [0, 0.05) is 13.1 Å². The number of piperidine rings is 1. The molecule has 1 saturated heterocycles. The summed E-state index contributed by atoms with van der Waals surface area (Å²) in [5.41, 5.74) is 4.89. The number of nitrogens with zero attached hydrogens (tertiary/aromatic N) is 5. The van der Waals surface area contributed by atoms with Crippen molar-refractivity contribution in [1.29, 1.82) is 0 Å². The molecule has 10 nitrogen and oxygen atoms in total. The molecular weight excluding hydrogens is 398 g/mol. The molecule has 29 heavy (non-hydrogen) atoms. The zero-order valence-electron chi connectivity index (χ0n) is 16.1. The lowest BCUT2D eigenvalue weighted by molar-refractivity contribution is -0.383. The van der Waals surface area contributed by atoms with E-state index in [1.165, 1.54) is 6.33 Å². The van der Waals surface area contributed by atoms with Crippen LogP contribution >= 0.6 is 11.6 Å². The van der Waals surface area contributed by atoms with E-state index in [4.69, 9.17) is 11.6 Å². The number of benzene rings is 1.